The summed E-state index contributed by atoms with van der Waals surface area (Å²) in [7, 11) is 0. The van der Waals surface area contributed by atoms with Gasteiger partial charge in [-0.15, -0.1) is 0 Å². The lowest BCUT2D eigenvalue weighted by atomic mass is 9.98. The van der Waals surface area contributed by atoms with Crippen LogP contribution in [0.1, 0.15) is 50.9 Å². The Balaban J connectivity index is 1.89. The summed E-state index contributed by atoms with van der Waals surface area (Å²) in [6.07, 6.45) is 0.761. The topological polar surface area (TPSA) is 9.86 Å². The van der Waals surface area contributed by atoms with Crippen LogP contribution < -0.4 is 10.7 Å². The normalized spacial score (nSPS) is 12.8. The van der Waals surface area contributed by atoms with E-state index in [1.165, 1.54) is 44.5 Å². The molecule has 0 atom stereocenters. The molecule has 1 aliphatic carbocycles. The molecule has 5 aromatic rings. The predicted molar refractivity (Wildman–Crippen MR) is 176 cm³/mol. The van der Waals surface area contributed by atoms with Crippen molar-refractivity contribution in [3.63, 3.8) is 0 Å². The molecule has 2 nitrogen and oxygen atoms in total. The molecular weight excluding hydrogens is 563 g/mol. The first-order valence-electron chi connectivity index (χ1n) is 13.8. The van der Waals surface area contributed by atoms with E-state index in [9.17, 15) is 0 Å². The molecule has 0 saturated heterocycles. The first kappa shape index (κ1) is 27.8. The third kappa shape index (κ3) is 4.70. The van der Waals surface area contributed by atoms with Gasteiger partial charge in [-0.1, -0.05) is 82.9 Å². The Morgan fingerprint density at radius 1 is 0.537 bits per heavy atom. The average Bonchev–Trinajstić information content (AvgIpc) is 3.40. The average molecular weight is 596 g/mol. The van der Waals surface area contributed by atoms with Gasteiger partial charge in [0, 0.05) is 16.5 Å². The van der Waals surface area contributed by atoms with Crippen molar-refractivity contribution in [1.29, 1.82) is 0 Å². The Kier molecular flexibility index (Phi) is 7.10. The number of aromatic nitrogens is 2. The van der Waals surface area contributed by atoms with E-state index in [0.29, 0.717) is 0 Å². The van der Waals surface area contributed by atoms with Crippen molar-refractivity contribution in [3.05, 3.63) is 143 Å². The molecule has 5 heteroatoms. The standard InChI is InChI=1S/C36H32Cl2N2S/c1-20-15-22(3)32(23(4)16-20)39-34-30(26-7-11-28(37)12-8-26)19-31(27-9-13-29(38)14-10-27)35(34)40(36(39)41)33-24(5)17-21(2)18-25(33)6/h7-18H,19H2,1-6H3. The number of nitrogens with zero attached hydrogens (tertiary/aromatic N) is 2. The highest BCUT2D eigenvalue weighted by molar-refractivity contribution is 7.71. The van der Waals surface area contributed by atoms with Gasteiger partial charge in [0.1, 0.15) is 0 Å². The molecule has 6 rings (SSSR count). The number of hydrogen-bond donors (Lipinski definition) is 0. The highest BCUT2D eigenvalue weighted by atomic mass is 35.5. The van der Waals surface area contributed by atoms with E-state index in [-0.39, 0.29) is 0 Å². The summed E-state index contributed by atoms with van der Waals surface area (Å²) in [5.74, 6) is 0. The molecule has 0 amide bonds. The van der Waals surface area contributed by atoms with Crippen molar-refractivity contribution in [2.24, 2.45) is 0 Å². The zero-order chi connectivity index (χ0) is 29.2. The quantitative estimate of drug-likeness (QED) is 0.189. The van der Waals surface area contributed by atoms with Gasteiger partial charge in [0.25, 0.3) is 0 Å². The first-order chi connectivity index (χ1) is 19.5. The molecular formula is C36H32Cl2N2S. The van der Waals surface area contributed by atoms with Crippen LogP contribution in [0, 0.1) is 46.3 Å². The summed E-state index contributed by atoms with van der Waals surface area (Å²) in [6.45, 7) is 13.0. The second kappa shape index (κ2) is 10.5. The largest absolute Gasteiger partial charge is 0.284 e. The molecule has 0 bridgehead atoms. The highest BCUT2D eigenvalue weighted by Gasteiger charge is 2.27. The van der Waals surface area contributed by atoms with Gasteiger partial charge in [-0.3, -0.25) is 9.13 Å². The van der Waals surface area contributed by atoms with Gasteiger partial charge in [-0.25, -0.2) is 0 Å². The maximum absolute atomic E-state index is 6.47. The van der Waals surface area contributed by atoms with Crippen molar-refractivity contribution >= 4 is 46.6 Å². The van der Waals surface area contributed by atoms with Crippen LogP contribution in [-0.4, -0.2) is 9.13 Å². The lowest BCUT2D eigenvalue weighted by molar-refractivity contribution is 0.907. The SMILES string of the molecule is Cc1cc(C)c(-n2c3c(n(-c4c(C)cc(C)cc4C)c2=S)=C(c2ccc(Cl)cc2)CC=3c2ccc(Cl)cc2)c(C)c1. The number of fused-ring (bicyclic) bond motifs is 1. The van der Waals surface area contributed by atoms with Crippen LogP contribution in [-0.2, 0) is 0 Å². The predicted octanol–water partition coefficient (Wildman–Crippen LogP) is 8.96. The highest BCUT2D eigenvalue weighted by Crippen LogP contribution is 2.32. The summed E-state index contributed by atoms with van der Waals surface area (Å²) in [6, 6.07) is 25.3. The Morgan fingerprint density at radius 3 is 1.17 bits per heavy atom. The smallest absolute Gasteiger partial charge is 0.190 e. The number of hydrogen-bond acceptors (Lipinski definition) is 1. The lowest BCUT2D eigenvalue weighted by Crippen LogP contribution is -2.33. The minimum absolute atomic E-state index is 0.722. The fraction of sp³-hybridized carbons (Fsp3) is 0.194. The van der Waals surface area contributed by atoms with Crippen LogP contribution in [0.5, 0.6) is 0 Å². The van der Waals surface area contributed by atoms with Crippen LogP contribution in [0.15, 0.2) is 72.8 Å². The summed E-state index contributed by atoms with van der Waals surface area (Å²) < 4.78 is 5.40. The molecule has 0 unspecified atom stereocenters. The van der Waals surface area contributed by atoms with E-state index in [1.54, 1.807) is 0 Å². The minimum atomic E-state index is 0.722. The number of rotatable bonds is 4. The molecule has 0 fully saturated rings. The number of halogens is 2. The minimum Gasteiger partial charge on any atom is -0.284 e. The maximum Gasteiger partial charge on any atom is 0.190 e. The summed E-state index contributed by atoms with van der Waals surface area (Å²) in [5.41, 5.74) is 14.3. The van der Waals surface area contributed by atoms with Crippen molar-refractivity contribution in [3.8, 4) is 11.4 Å². The van der Waals surface area contributed by atoms with E-state index >= 15 is 0 Å². The third-order valence-corrected chi connectivity index (χ3v) is 8.95. The second-order valence-electron chi connectivity index (χ2n) is 11.3. The molecule has 4 aromatic carbocycles. The third-order valence-electron chi connectivity index (χ3n) is 8.08. The molecule has 1 aliphatic rings. The van der Waals surface area contributed by atoms with Gasteiger partial charge in [0.15, 0.2) is 4.77 Å². The molecule has 0 spiro atoms. The van der Waals surface area contributed by atoms with Crippen molar-refractivity contribution in [1.82, 2.24) is 9.13 Å². The van der Waals surface area contributed by atoms with E-state index in [0.717, 1.165) is 54.4 Å². The zero-order valence-electron chi connectivity index (χ0n) is 24.2. The molecule has 41 heavy (non-hydrogen) atoms. The van der Waals surface area contributed by atoms with E-state index in [4.69, 9.17) is 35.4 Å². The Bertz CT molecular complexity index is 1850. The van der Waals surface area contributed by atoms with Crippen molar-refractivity contribution in [2.75, 3.05) is 0 Å². The van der Waals surface area contributed by atoms with Gasteiger partial charge < -0.3 is 0 Å². The van der Waals surface area contributed by atoms with E-state index in [2.05, 4.69) is 99.2 Å². The van der Waals surface area contributed by atoms with Crippen LogP contribution in [0.25, 0.3) is 22.5 Å². The Hall–Kier alpha value is -3.37. The Morgan fingerprint density at radius 2 is 0.854 bits per heavy atom. The van der Waals surface area contributed by atoms with Crippen LogP contribution >= 0.6 is 35.4 Å². The van der Waals surface area contributed by atoms with Crippen molar-refractivity contribution < 1.29 is 0 Å². The Labute approximate surface area is 256 Å². The number of imidazole rings is 1. The molecule has 1 aromatic heterocycles. The second-order valence-corrected chi connectivity index (χ2v) is 12.5. The van der Waals surface area contributed by atoms with Crippen LogP contribution in [0.3, 0.4) is 0 Å². The lowest BCUT2D eigenvalue weighted by Gasteiger charge is -2.17. The number of benzene rings is 4. The molecule has 1 heterocycles. The van der Waals surface area contributed by atoms with Crippen LogP contribution in [0.2, 0.25) is 10.0 Å². The summed E-state index contributed by atoms with van der Waals surface area (Å²) in [5, 5.41) is 3.72. The molecule has 0 saturated carbocycles. The van der Waals surface area contributed by atoms with E-state index in [1.807, 2.05) is 24.3 Å². The van der Waals surface area contributed by atoms with Crippen LogP contribution in [0.4, 0.5) is 0 Å². The summed E-state index contributed by atoms with van der Waals surface area (Å²) >= 11 is 19.2. The van der Waals surface area contributed by atoms with Gasteiger partial charge in [0.05, 0.1) is 22.1 Å². The maximum atomic E-state index is 6.47. The molecule has 0 N–H and O–H groups in total. The van der Waals surface area contributed by atoms with Gasteiger partial charge in [0.2, 0.25) is 0 Å². The number of aryl methyl sites for hydroxylation is 6. The fourth-order valence-corrected chi connectivity index (χ4v) is 7.27. The zero-order valence-corrected chi connectivity index (χ0v) is 26.5. The van der Waals surface area contributed by atoms with Crippen molar-refractivity contribution in [2.45, 2.75) is 48.0 Å². The fourth-order valence-electron chi connectivity index (χ4n) is 6.65. The van der Waals surface area contributed by atoms with Gasteiger partial charge in [-0.2, -0.15) is 0 Å². The van der Waals surface area contributed by atoms with E-state index < -0.39 is 0 Å². The van der Waals surface area contributed by atoms with Gasteiger partial charge >= 0.3 is 0 Å². The molecule has 0 radical (unpaired) electrons. The monoisotopic (exact) mass is 594 g/mol. The molecule has 0 aliphatic heterocycles. The summed E-state index contributed by atoms with van der Waals surface area (Å²) in [4.78, 5) is 0. The first-order valence-corrected chi connectivity index (χ1v) is 15.0. The van der Waals surface area contributed by atoms with Gasteiger partial charge in [-0.05, 0) is 123 Å². The molecule has 206 valence electrons.